The Morgan fingerprint density at radius 2 is 1.86 bits per heavy atom. The quantitative estimate of drug-likeness (QED) is 0.226. The lowest BCUT2D eigenvalue weighted by molar-refractivity contribution is -0.275. The highest BCUT2D eigenvalue weighted by atomic mass is 35.5. The molecule has 0 fully saturated rings. The molecule has 6 nitrogen and oxygen atoms in total. The molecular weight excluding hydrogens is 500 g/mol. The van der Waals surface area contributed by atoms with Crippen molar-refractivity contribution in [1.29, 1.82) is 0 Å². The standard InChI is InChI=1S/C25H21ClF4N4O2/c1-23(2)12-24(36,25(28,29)30)22(14-7-8-16(26)21(35)20(14)23)33-17-4-3-5-18-15(17)11-32-34(18)13-6-9-19(27)31-10-13/h3-11,22,33,35-36H,12H2,1-2H3. The molecule has 0 saturated heterocycles. The first-order valence-electron chi connectivity index (χ1n) is 11.0. The van der Waals surface area contributed by atoms with Gasteiger partial charge >= 0.3 is 6.18 Å². The third kappa shape index (κ3) is 3.67. The average Bonchev–Trinajstić information content (AvgIpc) is 3.23. The third-order valence-electron chi connectivity index (χ3n) is 6.70. The largest absolute Gasteiger partial charge is 0.506 e. The zero-order valence-corrected chi connectivity index (χ0v) is 19.9. The topological polar surface area (TPSA) is 83.2 Å². The fourth-order valence-corrected chi connectivity index (χ4v) is 5.30. The minimum atomic E-state index is -4.99. The van der Waals surface area contributed by atoms with Gasteiger partial charge in [-0.05, 0) is 47.7 Å². The fraction of sp³-hybridized carbons (Fsp3) is 0.280. The highest BCUT2D eigenvalue weighted by Gasteiger charge is 2.64. The first-order chi connectivity index (χ1) is 16.8. The number of alkyl halides is 3. The number of halogens is 5. The fourth-order valence-electron chi connectivity index (χ4n) is 5.15. The van der Waals surface area contributed by atoms with Crippen LogP contribution in [0.3, 0.4) is 0 Å². The van der Waals surface area contributed by atoms with Crippen LogP contribution in [0.1, 0.15) is 37.4 Å². The molecule has 0 bridgehead atoms. The van der Waals surface area contributed by atoms with Crippen molar-refractivity contribution in [3.05, 3.63) is 77.0 Å². The van der Waals surface area contributed by atoms with E-state index in [1.165, 1.54) is 55.2 Å². The molecule has 2 aromatic heterocycles. The molecule has 3 N–H and O–H groups in total. The molecule has 1 aliphatic carbocycles. The van der Waals surface area contributed by atoms with E-state index in [0.29, 0.717) is 16.6 Å². The second-order valence-electron chi connectivity index (χ2n) is 9.55. The smallest absolute Gasteiger partial charge is 0.419 e. The van der Waals surface area contributed by atoms with Gasteiger partial charge in [-0.25, -0.2) is 9.67 Å². The predicted octanol–water partition coefficient (Wildman–Crippen LogP) is 6.05. The Balaban J connectivity index is 1.67. The van der Waals surface area contributed by atoms with E-state index >= 15 is 0 Å². The third-order valence-corrected chi connectivity index (χ3v) is 7.00. The number of benzene rings is 2. The maximum absolute atomic E-state index is 14.4. The van der Waals surface area contributed by atoms with Crippen LogP contribution in [0.15, 0.2) is 54.9 Å². The van der Waals surface area contributed by atoms with E-state index in [0.717, 1.165) is 0 Å². The first-order valence-corrected chi connectivity index (χ1v) is 11.4. The summed E-state index contributed by atoms with van der Waals surface area (Å²) in [6.45, 7) is 3.05. The van der Waals surface area contributed by atoms with Crippen LogP contribution < -0.4 is 5.32 Å². The molecule has 0 saturated carbocycles. The number of aromatic hydroxyl groups is 1. The number of pyridine rings is 1. The number of fused-ring (bicyclic) bond motifs is 2. The summed E-state index contributed by atoms with van der Waals surface area (Å²) in [6.07, 6.45) is -2.96. The lowest BCUT2D eigenvalue weighted by Crippen LogP contribution is -2.58. The van der Waals surface area contributed by atoms with Crippen molar-refractivity contribution in [3.63, 3.8) is 0 Å². The minimum absolute atomic E-state index is 0.00862. The maximum atomic E-state index is 14.4. The molecule has 2 unspecified atom stereocenters. The molecule has 1 aliphatic rings. The van der Waals surface area contributed by atoms with E-state index in [4.69, 9.17) is 11.6 Å². The van der Waals surface area contributed by atoms with E-state index in [2.05, 4.69) is 15.4 Å². The summed E-state index contributed by atoms with van der Waals surface area (Å²) < 4.78 is 58.1. The van der Waals surface area contributed by atoms with Crippen LogP contribution in [0.5, 0.6) is 5.75 Å². The van der Waals surface area contributed by atoms with Crippen LogP contribution in [0.4, 0.5) is 23.2 Å². The second-order valence-corrected chi connectivity index (χ2v) is 9.96. The first kappa shape index (κ1) is 24.3. The van der Waals surface area contributed by atoms with Crippen molar-refractivity contribution >= 4 is 28.2 Å². The van der Waals surface area contributed by atoms with Gasteiger partial charge in [-0.3, -0.25) is 0 Å². The van der Waals surface area contributed by atoms with Crippen LogP contribution in [-0.4, -0.2) is 36.8 Å². The molecule has 0 spiro atoms. The molecule has 0 amide bonds. The number of phenols is 1. The Morgan fingerprint density at radius 3 is 2.53 bits per heavy atom. The number of aromatic nitrogens is 3. The number of nitrogens with one attached hydrogen (secondary N) is 1. The summed E-state index contributed by atoms with van der Waals surface area (Å²) in [5, 5.41) is 29.5. The second kappa shape index (κ2) is 8.07. The van der Waals surface area contributed by atoms with Crippen LogP contribution in [0.2, 0.25) is 5.02 Å². The minimum Gasteiger partial charge on any atom is -0.506 e. The van der Waals surface area contributed by atoms with E-state index in [1.807, 2.05) is 0 Å². The highest BCUT2D eigenvalue weighted by molar-refractivity contribution is 6.32. The molecule has 188 valence electrons. The molecule has 11 heteroatoms. The van der Waals surface area contributed by atoms with Gasteiger partial charge in [-0.1, -0.05) is 37.6 Å². The Labute approximate surface area is 208 Å². The van der Waals surface area contributed by atoms with E-state index < -0.39 is 35.6 Å². The van der Waals surface area contributed by atoms with E-state index in [1.54, 1.807) is 18.2 Å². The summed E-state index contributed by atoms with van der Waals surface area (Å²) in [5.74, 6) is -0.976. The SMILES string of the molecule is CC1(C)CC(O)(C(F)(F)F)C(Nc2cccc3c2cnn3-c2ccc(F)nc2)c2ccc(Cl)c(O)c21. The number of nitrogens with zero attached hydrogens (tertiary/aromatic N) is 3. The zero-order valence-electron chi connectivity index (χ0n) is 19.1. The number of aliphatic hydroxyl groups is 1. The van der Waals surface area contributed by atoms with Gasteiger partial charge in [0.05, 0.1) is 34.7 Å². The Morgan fingerprint density at radius 1 is 1.11 bits per heavy atom. The number of hydrogen-bond donors (Lipinski definition) is 3. The van der Waals surface area contributed by atoms with Gasteiger partial charge < -0.3 is 15.5 Å². The van der Waals surface area contributed by atoms with E-state index in [9.17, 15) is 27.8 Å². The molecule has 2 aromatic carbocycles. The van der Waals surface area contributed by atoms with Crippen LogP contribution >= 0.6 is 11.6 Å². The number of hydrogen-bond acceptors (Lipinski definition) is 5. The highest BCUT2D eigenvalue weighted by Crippen LogP contribution is 2.57. The summed E-state index contributed by atoms with van der Waals surface area (Å²) in [7, 11) is 0. The summed E-state index contributed by atoms with van der Waals surface area (Å²) in [5.41, 5.74) is -2.82. The van der Waals surface area contributed by atoms with Gasteiger partial charge in [-0.2, -0.15) is 22.7 Å². The lowest BCUT2D eigenvalue weighted by atomic mass is 9.63. The van der Waals surface area contributed by atoms with Crippen molar-refractivity contribution in [1.82, 2.24) is 14.8 Å². The van der Waals surface area contributed by atoms with Crippen molar-refractivity contribution in [2.24, 2.45) is 0 Å². The molecule has 0 aliphatic heterocycles. The molecule has 36 heavy (non-hydrogen) atoms. The monoisotopic (exact) mass is 520 g/mol. The van der Waals surface area contributed by atoms with Crippen molar-refractivity contribution < 1.29 is 27.8 Å². The Bertz CT molecular complexity index is 1470. The predicted molar refractivity (Wildman–Crippen MR) is 127 cm³/mol. The van der Waals surface area contributed by atoms with Crippen LogP contribution in [-0.2, 0) is 5.41 Å². The van der Waals surface area contributed by atoms with Gasteiger partial charge in [0.25, 0.3) is 0 Å². The van der Waals surface area contributed by atoms with Crippen LogP contribution in [0, 0.1) is 5.95 Å². The lowest BCUT2D eigenvalue weighted by Gasteiger charge is -2.49. The van der Waals surface area contributed by atoms with Gasteiger partial charge in [-0.15, -0.1) is 0 Å². The van der Waals surface area contributed by atoms with Gasteiger partial charge in [0.2, 0.25) is 5.95 Å². The molecule has 0 radical (unpaired) electrons. The van der Waals surface area contributed by atoms with Gasteiger partial charge in [0, 0.05) is 16.6 Å². The number of rotatable bonds is 3. The molecular formula is C25H21ClF4N4O2. The molecule has 5 rings (SSSR count). The molecule has 4 aromatic rings. The average molecular weight is 521 g/mol. The van der Waals surface area contributed by atoms with Crippen molar-refractivity contribution in [2.45, 2.75) is 43.5 Å². The molecule has 2 heterocycles. The van der Waals surface area contributed by atoms with E-state index in [-0.39, 0.29) is 27.6 Å². The van der Waals surface area contributed by atoms with Crippen LogP contribution in [0.25, 0.3) is 16.6 Å². The molecule has 2 atom stereocenters. The number of anilines is 1. The van der Waals surface area contributed by atoms with Crippen molar-refractivity contribution in [3.8, 4) is 11.4 Å². The summed E-state index contributed by atoms with van der Waals surface area (Å²) in [4.78, 5) is 3.62. The van der Waals surface area contributed by atoms with Gasteiger partial charge in [0.15, 0.2) is 5.60 Å². The summed E-state index contributed by atoms with van der Waals surface area (Å²) in [6, 6.07) is 8.59. The Kier molecular flexibility index (Phi) is 5.46. The van der Waals surface area contributed by atoms with Gasteiger partial charge in [0.1, 0.15) is 5.75 Å². The Hall–Kier alpha value is -3.37. The zero-order chi connectivity index (χ0) is 26.0. The summed E-state index contributed by atoms with van der Waals surface area (Å²) >= 11 is 6.10. The maximum Gasteiger partial charge on any atom is 0.419 e. The number of phenolic OH excluding ortho intramolecular Hbond substituents is 1. The normalized spacial score (nSPS) is 21.4. The van der Waals surface area contributed by atoms with Crippen molar-refractivity contribution in [2.75, 3.05) is 5.32 Å².